The zero-order chi connectivity index (χ0) is 13.7. The van der Waals surface area contributed by atoms with E-state index in [0.717, 1.165) is 10.0 Å². The topological polar surface area (TPSA) is 52.9 Å². The van der Waals surface area contributed by atoms with Gasteiger partial charge in [-0.15, -0.1) is 0 Å². The second-order valence-corrected chi connectivity index (χ2v) is 5.29. The second-order valence-electron chi connectivity index (χ2n) is 3.66. The van der Waals surface area contributed by atoms with E-state index in [2.05, 4.69) is 21.2 Å². The van der Waals surface area contributed by atoms with Crippen LogP contribution in [-0.2, 0) is 4.79 Å². The van der Waals surface area contributed by atoms with Crippen LogP contribution in [0.3, 0.4) is 0 Å². The average Bonchev–Trinajstić information content (AvgIpc) is 2.91. The molecule has 0 saturated carbocycles. The largest absolute Gasteiger partial charge is 0.320 e. The molecule has 2 aromatic rings. The summed E-state index contributed by atoms with van der Waals surface area (Å²) in [5.74, 6) is -0.416. The predicted octanol–water partition coefficient (Wildman–Crippen LogP) is 4.06. The van der Waals surface area contributed by atoms with Gasteiger partial charge in [-0.3, -0.25) is 4.79 Å². The van der Waals surface area contributed by atoms with E-state index in [1.807, 2.05) is 41.1 Å². The highest BCUT2D eigenvalue weighted by atomic mass is 79.9. The van der Waals surface area contributed by atoms with Crippen molar-refractivity contribution in [2.75, 3.05) is 5.32 Å². The third-order valence-corrected chi connectivity index (χ3v) is 3.73. The number of hydrogen-bond acceptors (Lipinski definition) is 3. The summed E-state index contributed by atoms with van der Waals surface area (Å²) in [6.07, 6.45) is 1.57. The van der Waals surface area contributed by atoms with Crippen molar-refractivity contribution in [3.8, 4) is 6.07 Å². The highest BCUT2D eigenvalue weighted by molar-refractivity contribution is 9.10. The molecule has 0 atom stereocenters. The number of benzene rings is 1. The van der Waals surface area contributed by atoms with Gasteiger partial charge in [0.2, 0.25) is 0 Å². The van der Waals surface area contributed by atoms with Gasteiger partial charge in [0.05, 0.1) is 5.69 Å². The molecule has 1 N–H and O–H groups in total. The summed E-state index contributed by atoms with van der Waals surface area (Å²) in [5, 5.41) is 15.5. The molecule has 19 heavy (non-hydrogen) atoms. The van der Waals surface area contributed by atoms with E-state index < -0.39 is 5.91 Å². The van der Waals surface area contributed by atoms with Crippen LogP contribution in [0, 0.1) is 11.3 Å². The Bertz CT molecular complexity index is 656. The SMILES string of the molecule is N#CC(=Cc1ccsc1)C(=O)Nc1ccccc1Br. The van der Waals surface area contributed by atoms with Crippen molar-refractivity contribution in [2.45, 2.75) is 0 Å². The van der Waals surface area contributed by atoms with Gasteiger partial charge < -0.3 is 5.32 Å². The van der Waals surface area contributed by atoms with Gasteiger partial charge in [-0.1, -0.05) is 12.1 Å². The van der Waals surface area contributed by atoms with Crippen LogP contribution >= 0.6 is 27.3 Å². The Balaban J connectivity index is 2.19. The Labute approximate surface area is 123 Å². The summed E-state index contributed by atoms with van der Waals surface area (Å²) >= 11 is 4.86. The molecule has 2 rings (SSSR count). The molecule has 0 spiro atoms. The van der Waals surface area contributed by atoms with Crippen LogP contribution in [0.5, 0.6) is 0 Å². The maximum Gasteiger partial charge on any atom is 0.266 e. The van der Waals surface area contributed by atoms with Crippen LogP contribution in [0.25, 0.3) is 6.08 Å². The Morgan fingerprint density at radius 2 is 2.16 bits per heavy atom. The lowest BCUT2D eigenvalue weighted by molar-refractivity contribution is -0.112. The minimum absolute atomic E-state index is 0.0779. The van der Waals surface area contributed by atoms with Crippen molar-refractivity contribution in [1.82, 2.24) is 0 Å². The molecule has 3 nitrogen and oxygen atoms in total. The normalized spacial score (nSPS) is 10.8. The molecule has 1 aromatic heterocycles. The number of amides is 1. The van der Waals surface area contributed by atoms with Gasteiger partial charge in [0, 0.05) is 4.47 Å². The van der Waals surface area contributed by atoms with E-state index >= 15 is 0 Å². The van der Waals surface area contributed by atoms with E-state index in [0.29, 0.717) is 5.69 Å². The molecule has 0 fully saturated rings. The molecule has 0 aliphatic rings. The number of hydrogen-bond donors (Lipinski definition) is 1. The van der Waals surface area contributed by atoms with E-state index in [1.165, 1.54) is 11.3 Å². The summed E-state index contributed by atoms with van der Waals surface area (Å²) in [6.45, 7) is 0. The zero-order valence-corrected chi connectivity index (χ0v) is 12.2. The average molecular weight is 333 g/mol. The molecule has 0 unspecified atom stereocenters. The van der Waals surface area contributed by atoms with Gasteiger partial charge in [0.1, 0.15) is 11.6 Å². The number of halogens is 1. The number of anilines is 1. The molecule has 94 valence electrons. The van der Waals surface area contributed by atoms with Gasteiger partial charge in [0.15, 0.2) is 0 Å². The fourth-order valence-electron chi connectivity index (χ4n) is 1.42. The quantitative estimate of drug-likeness (QED) is 0.680. The first-order valence-electron chi connectivity index (χ1n) is 5.40. The number of para-hydroxylation sites is 1. The van der Waals surface area contributed by atoms with Crippen LogP contribution in [0.2, 0.25) is 0 Å². The van der Waals surface area contributed by atoms with Crippen molar-refractivity contribution in [3.05, 3.63) is 56.7 Å². The van der Waals surface area contributed by atoms with Gasteiger partial charge >= 0.3 is 0 Å². The summed E-state index contributed by atoms with van der Waals surface area (Å²) in [4.78, 5) is 12.0. The molecule has 0 saturated heterocycles. The van der Waals surface area contributed by atoms with Crippen molar-refractivity contribution in [2.24, 2.45) is 0 Å². The molecule has 1 aromatic carbocycles. The van der Waals surface area contributed by atoms with Crippen LogP contribution in [0.4, 0.5) is 5.69 Å². The van der Waals surface area contributed by atoms with Crippen molar-refractivity contribution in [3.63, 3.8) is 0 Å². The molecule has 0 bridgehead atoms. The first kappa shape index (κ1) is 13.5. The minimum Gasteiger partial charge on any atom is -0.320 e. The van der Waals surface area contributed by atoms with E-state index in [-0.39, 0.29) is 5.57 Å². The second kappa shape index (κ2) is 6.32. The number of carbonyl (C=O) groups is 1. The van der Waals surface area contributed by atoms with Gasteiger partial charge in [-0.05, 0) is 56.5 Å². The molecular formula is C14H9BrN2OS. The highest BCUT2D eigenvalue weighted by Gasteiger charge is 2.10. The molecule has 1 heterocycles. The van der Waals surface area contributed by atoms with Crippen molar-refractivity contribution >= 4 is 44.9 Å². The Hall–Kier alpha value is -1.90. The van der Waals surface area contributed by atoms with Crippen LogP contribution in [0.15, 0.2) is 51.1 Å². The number of thiophene rings is 1. The predicted molar refractivity (Wildman–Crippen MR) is 80.7 cm³/mol. The fraction of sp³-hybridized carbons (Fsp3) is 0. The Morgan fingerprint density at radius 1 is 1.37 bits per heavy atom. The summed E-state index contributed by atoms with van der Waals surface area (Å²) in [5.41, 5.74) is 1.57. The highest BCUT2D eigenvalue weighted by Crippen LogP contribution is 2.22. The summed E-state index contributed by atoms with van der Waals surface area (Å²) < 4.78 is 0.774. The first-order chi connectivity index (χ1) is 9.20. The molecule has 0 radical (unpaired) electrons. The van der Waals surface area contributed by atoms with Gasteiger partial charge in [-0.2, -0.15) is 16.6 Å². The monoisotopic (exact) mass is 332 g/mol. The standard InChI is InChI=1S/C14H9BrN2OS/c15-12-3-1-2-4-13(12)17-14(18)11(8-16)7-10-5-6-19-9-10/h1-7,9H,(H,17,18). The third kappa shape index (κ3) is 3.53. The van der Waals surface area contributed by atoms with Gasteiger partial charge in [0.25, 0.3) is 5.91 Å². The molecule has 5 heteroatoms. The lowest BCUT2D eigenvalue weighted by atomic mass is 10.2. The summed E-state index contributed by atoms with van der Waals surface area (Å²) in [6, 6.07) is 11.0. The smallest absolute Gasteiger partial charge is 0.266 e. The molecular weight excluding hydrogens is 324 g/mol. The number of carbonyl (C=O) groups excluding carboxylic acids is 1. The van der Waals surface area contributed by atoms with E-state index in [9.17, 15) is 4.79 Å². The van der Waals surface area contributed by atoms with Gasteiger partial charge in [-0.25, -0.2) is 0 Å². The van der Waals surface area contributed by atoms with Crippen molar-refractivity contribution < 1.29 is 4.79 Å². The van der Waals surface area contributed by atoms with Crippen LogP contribution in [-0.4, -0.2) is 5.91 Å². The minimum atomic E-state index is -0.416. The zero-order valence-electron chi connectivity index (χ0n) is 9.76. The van der Waals surface area contributed by atoms with E-state index in [1.54, 1.807) is 12.1 Å². The molecule has 1 amide bonds. The third-order valence-electron chi connectivity index (χ3n) is 2.34. The number of nitriles is 1. The van der Waals surface area contributed by atoms with E-state index in [4.69, 9.17) is 5.26 Å². The number of rotatable bonds is 3. The molecule has 0 aliphatic carbocycles. The van der Waals surface area contributed by atoms with Crippen LogP contribution < -0.4 is 5.32 Å². The Kier molecular flexibility index (Phi) is 4.50. The van der Waals surface area contributed by atoms with Crippen LogP contribution in [0.1, 0.15) is 5.56 Å². The lowest BCUT2D eigenvalue weighted by Crippen LogP contribution is -2.13. The van der Waals surface area contributed by atoms with Crippen molar-refractivity contribution in [1.29, 1.82) is 5.26 Å². The Morgan fingerprint density at radius 3 is 2.79 bits per heavy atom. The molecule has 0 aliphatic heterocycles. The number of nitrogens with one attached hydrogen (secondary N) is 1. The lowest BCUT2D eigenvalue weighted by Gasteiger charge is -2.05. The fourth-order valence-corrected chi connectivity index (χ4v) is 2.43. The first-order valence-corrected chi connectivity index (χ1v) is 7.14. The number of nitrogens with zero attached hydrogens (tertiary/aromatic N) is 1. The maximum absolute atomic E-state index is 12.0. The summed E-state index contributed by atoms with van der Waals surface area (Å²) in [7, 11) is 0. The maximum atomic E-state index is 12.0.